The summed E-state index contributed by atoms with van der Waals surface area (Å²) < 4.78 is 2.21. The number of piperazine rings is 1. The van der Waals surface area contributed by atoms with E-state index in [1.54, 1.807) is 0 Å². The SMILES string of the molecule is Cc1cc(-c2nc3ccccn3c2CN2CCNCC2)ccc1Cl. The largest absolute Gasteiger partial charge is 0.314 e. The second kappa shape index (κ2) is 6.55. The molecule has 0 bridgehead atoms. The van der Waals surface area contributed by atoms with Gasteiger partial charge in [0.2, 0.25) is 0 Å². The van der Waals surface area contributed by atoms with Crippen LogP contribution in [0.15, 0.2) is 42.6 Å². The molecule has 0 amide bonds. The molecule has 0 aliphatic carbocycles. The Balaban J connectivity index is 1.81. The van der Waals surface area contributed by atoms with Crippen LogP contribution in [0.1, 0.15) is 11.3 Å². The molecule has 4 rings (SSSR count). The van der Waals surface area contributed by atoms with Crippen molar-refractivity contribution >= 4 is 17.2 Å². The molecular formula is C19H21ClN4. The summed E-state index contributed by atoms with van der Waals surface area (Å²) in [5.74, 6) is 0. The fourth-order valence-electron chi connectivity index (χ4n) is 3.30. The molecule has 1 N–H and O–H groups in total. The third-order valence-corrected chi connectivity index (χ3v) is 5.07. The molecule has 1 fully saturated rings. The zero-order valence-electron chi connectivity index (χ0n) is 13.8. The van der Waals surface area contributed by atoms with Crippen molar-refractivity contribution in [2.45, 2.75) is 13.5 Å². The Kier molecular flexibility index (Phi) is 4.27. The van der Waals surface area contributed by atoms with E-state index in [0.29, 0.717) is 0 Å². The number of benzene rings is 1. The van der Waals surface area contributed by atoms with Crippen molar-refractivity contribution in [2.75, 3.05) is 26.2 Å². The van der Waals surface area contributed by atoms with Crippen molar-refractivity contribution < 1.29 is 0 Å². The van der Waals surface area contributed by atoms with Gasteiger partial charge in [0.25, 0.3) is 0 Å². The Morgan fingerprint density at radius 3 is 2.79 bits per heavy atom. The molecule has 5 heteroatoms. The first-order valence-corrected chi connectivity index (χ1v) is 8.76. The summed E-state index contributed by atoms with van der Waals surface area (Å²) in [6.45, 7) is 7.18. The van der Waals surface area contributed by atoms with Crippen LogP contribution in [0.4, 0.5) is 0 Å². The van der Waals surface area contributed by atoms with Crippen molar-refractivity contribution in [3.63, 3.8) is 0 Å². The van der Waals surface area contributed by atoms with E-state index in [4.69, 9.17) is 16.6 Å². The molecule has 3 aromatic rings. The van der Waals surface area contributed by atoms with Gasteiger partial charge in [-0.15, -0.1) is 0 Å². The highest BCUT2D eigenvalue weighted by Crippen LogP contribution is 2.28. The van der Waals surface area contributed by atoms with Gasteiger partial charge in [-0.2, -0.15) is 0 Å². The highest BCUT2D eigenvalue weighted by atomic mass is 35.5. The minimum Gasteiger partial charge on any atom is -0.314 e. The maximum Gasteiger partial charge on any atom is 0.137 e. The number of rotatable bonds is 3. The zero-order valence-corrected chi connectivity index (χ0v) is 14.6. The lowest BCUT2D eigenvalue weighted by Gasteiger charge is -2.27. The van der Waals surface area contributed by atoms with Crippen LogP contribution in [-0.4, -0.2) is 40.5 Å². The van der Waals surface area contributed by atoms with Gasteiger partial charge in [0.05, 0.1) is 11.4 Å². The number of aryl methyl sites for hydroxylation is 1. The molecule has 1 saturated heterocycles. The van der Waals surface area contributed by atoms with Gasteiger partial charge in [0.15, 0.2) is 0 Å². The van der Waals surface area contributed by atoms with Gasteiger partial charge >= 0.3 is 0 Å². The van der Waals surface area contributed by atoms with Crippen LogP contribution in [0.2, 0.25) is 5.02 Å². The first kappa shape index (κ1) is 15.6. The number of imidazole rings is 1. The summed E-state index contributed by atoms with van der Waals surface area (Å²) in [5.41, 5.74) is 5.50. The molecule has 24 heavy (non-hydrogen) atoms. The second-order valence-electron chi connectivity index (χ2n) is 6.33. The lowest BCUT2D eigenvalue weighted by molar-refractivity contribution is 0.230. The first-order valence-electron chi connectivity index (χ1n) is 8.38. The van der Waals surface area contributed by atoms with E-state index in [9.17, 15) is 0 Å². The Morgan fingerprint density at radius 2 is 2.00 bits per heavy atom. The van der Waals surface area contributed by atoms with Gasteiger partial charge in [-0.1, -0.05) is 23.7 Å². The normalized spacial score (nSPS) is 15.9. The van der Waals surface area contributed by atoms with Crippen molar-refractivity contribution in [3.05, 3.63) is 58.9 Å². The smallest absolute Gasteiger partial charge is 0.137 e. The zero-order chi connectivity index (χ0) is 16.5. The molecule has 124 valence electrons. The molecular weight excluding hydrogens is 320 g/mol. The third-order valence-electron chi connectivity index (χ3n) is 4.64. The van der Waals surface area contributed by atoms with Crippen LogP contribution in [0, 0.1) is 6.92 Å². The van der Waals surface area contributed by atoms with Gasteiger partial charge in [-0.3, -0.25) is 4.90 Å². The summed E-state index contributed by atoms with van der Waals surface area (Å²) in [6, 6.07) is 12.3. The highest BCUT2D eigenvalue weighted by molar-refractivity contribution is 6.31. The minimum absolute atomic E-state index is 0.797. The van der Waals surface area contributed by atoms with E-state index in [1.165, 1.54) is 5.69 Å². The molecule has 1 aliphatic heterocycles. The number of halogens is 1. The number of nitrogens with one attached hydrogen (secondary N) is 1. The van der Waals surface area contributed by atoms with Crippen LogP contribution in [0.3, 0.4) is 0 Å². The van der Waals surface area contributed by atoms with Crippen molar-refractivity contribution in [1.82, 2.24) is 19.6 Å². The lowest BCUT2D eigenvalue weighted by atomic mass is 10.1. The number of hydrogen-bond acceptors (Lipinski definition) is 3. The highest BCUT2D eigenvalue weighted by Gasteiger charge is 2.18. The Hall–Kier alpha value is -1.88. The van der Waals surface area contributed by atoms with Gasteiger partial charge in [0, 0.05) is 49.5 Å². The number of aromatic nitrogens is 2. The number of hydrogen-bond donors (Lipinski definition) is 1. The van der Waals surface area contributed by atoms with Gasteiger partial charge in [-0.25, -0.2) is 4.98 Å². The van der Waals surface area contributed by atoms with E-state index in [0.717, 1.165) is 60.2 Å². The van der Waals surface area contributed by atoms with E-state index in [2.05, 4.69) is 45.1 Å². The number of fused-ring (bicyclic) bond motifs is 1. The molecule has 0 unspecified atom stereocenters. The summed E-state index contributed by atoms with van der Waals surface area (Å²) in [5, 5.41) is 4.21. The van der Waals surface area contributed by atoms with E-state index >= 15 is 0 Å². The number of pyridine rings is 1. The lowest BCUT2D eigenvalue weighted by Crippen LogP contribution is -2.43. The molecule has 0 saturated carbocycles. The van der Waals surface area contributed by atoms with Gasteiger partial charge in [0.1, 0.15) is 5.65 Å². The molecule has 1 aliphatic rings. The second-order valence-corrected chi connectivity index (χ2v) is 6.73. The Labute approximate surface area is 147 Å². The summed E-state index contributed by atoms with van der Waals surface area (Å²) >= 11 is 6.20. The maximum absolute atomic E-state index is 6.20. The summed E-state index contributed by atoms with van der Waals surface area (Å²) in [4.78, 5) is 7.38. The average Bonchev–Trinajstić information content (AvgIpc) is 2.97. The van der Waals surface area contributed by atoms with E-state index in [1.807, 2.05) is 19.1 Å². The predicted molar refractivity (Wildman–Crippen MR) is 98.5 cm³/mol. The van der Waals surface area contributed by atoms with Crippen LogP contribution in [0.5, 0.6) is 0 Å². The van der Waals surface area contributed by atoms with Crippen LogP contribution in [-0.2, 0) is 6.54 Å². The third kappa shape index (κ3) is 2.93. The fraction of sp³-hybridized carbons (Fsp3) is 0.316. The standard InChI is InChI=1S/C19H21ClN4/c1-14-12-15(5-6-16(14)20)19-17(13-23-10-7-21-8-11-23)24-9-3-2-4-18(24)22-19/h2-6,9,12,21H,7-8,10-11,13H2,1H3. The Bertz CT molecular complexity index is 865. The summed E-state index contributed by atoms with van der Waals surface area (Å²) in [6.07, 6.45) is 2.10. The monoisotopic (exact) mass is 340 g/mol. The number of nitrogens with zero attached hydrogens (tertiary/aromatic N) is 3. The molecule has 0 spiro atoms. The van der Waals surface area contributed by atoms with E-state index in [-0.39, 0.29) is 0 Å². The predicted octanol–water partition coefficient (Wildman–Crippen LogP) is 3.37. The summed E-state index contributed by atoms with van der Waals surface area (Å²) in [7, 11) is 0. The van der Waals surface area contributed by atoms with Crippen molar-refractivity contribution in [1.29, 1.82) is 0 Å². The average molecular weight is 341 g/mol. The molecule has 0 atom stereocenters. The van der Waals surface area contributed by atoms with Crippen LogP contribution >= 0.6 is 11.6 Å². The molecule has 4 nitrogen and oxygen atoms in total. The maximum atomic E-state index is 6.20. The quantitative estimate of drug-likeness (QED) is 0.793. The molecule has 1 aromatic carbocycles. The van der Waals surface area contributed by atoms with E-state index < -0.39 is 0 Å². The Morgan fingerprint density at radius 1 is 1.17 bits per heavy atom. The first-order chi connectivity index (χ1) is 11.7. The van der Waals surface area contributed by atoms with Crippen molar-refractivity contribution in [3.8, 4) is 11.3 Å². The fourth-order valence-corrected chi connectivity index (χ4v) is 3.42. The van der Waals surface area contributed by atoms with Gasteiger partial charge in [-0.05, 0) is 36.8 Å². The van der Waals surface area contributed by atoms with Crippen LogP contribution in [0.25, 0.3) is 16.9 Å². The van der Waals surface area contributed by atoms with Crippen LogP contribution < -0.4 is 5.32 Å². The van der Waals surface area contributed by atoms with Gasteiger partial charge < -0.3 is 9.72 Å². The molecule has 3 heterocycles. The minimum atomic E-state index is 0.797. The topological polar surface area (TPSA) is 32.6 Å². The molecule has 2 aromatic heterocycles. The molecule has 0 radical (unpaired) electrons. The van der Waals surface area contributed by atoms with Crippen molar-refractivity contribution in [2.24, 2.45) is 0 Å².